The molecule has 3 nitrogen and oxygen atoms in total. The van der Waals surface area contributed by atoms with Gasteiger partial charge in [0.1, 0.15) is 0 Å². The Balaban J connectivity index is 2.82. The fourth-order valence-corrected chi connectivity index (χ4v) is 3.12. The van der Waals surface area contributed by atoms with E-state index < -0.39 is 0 Å². The molecule has 0 aliphatic carbocycles. The second-order valence-electron chi connectivity index (χ2n) is 4.46. The van der Waals surface area contributed by atoms with Gasteiger partial charge in [-0.1, -0.05) is 30.2 Å². The first kappa shape index (κ1) is 13.6. The molecule has 0 saturated heterocycles. The molecule has 0 aliphatic rings. The van der Waals surface area contributed by atoms with Crippen molar-refractivity contribution in [2.45, 2.75) is 33.7 Å². The zero-order valence-corrected chi connectivity index (χ0v) is 12.2. The van der Waals surface area contributed by atoms with Crippen LogP contribution in [0.25, 0.3) is 10.2 Å². The van der Waals surface area contributed by atoms with Crippen LogP contribution in [0, 0.1) is 26.2 Å². The summed E-state index contributed by atoms with van der Waals surface area (Å²) in [6.45, 7) is 6.36. The molecule has 1 aromatic carbocycles. The summed E-state index contributed by atoms with van der Waals surface area (Å²) in [6.07, 6.45) is 5.83. The molecule has 2 rings (SSSR count). The van der Waals surface area contributed by atoms with Crippen LogP contribution in [0.5, 0.6) is 0 Å². The fraction of sp³-hybridized carbons (Fsp3) is 0.333. The Kier molecular flexibility index (Phi) is 3.87. The highest BCUT2D eigenvalue weighted by Crippen LogP contribution is 2.23. The van der Waals surface area contributed by atoms with Gasteiger partial charge in [0.25, 0.3) is 0 Å². The highest BCUT2D eigenvalue weighted by molar-refractivity contribution is 7.16. The van der Waals surface area contributed by atoms with E-state index in [9.17, 15) is 4.79 Å². The molecule has 0 spiro atoms. The molecule has 0 unspecified atom stereocenters. The topological polar surface area (TPSA) is 34.4 Å². The molecular formula is C15H16N2OS. The van der Waals surface area contributed by atoms with Gasteiger partial charge in [-0.2, -0.15) is 4.99 Å². The van der Waals surface area contributed by atoms with E-state index in [-0.39, 0.29) is 5.91 Å². The average Bonchev–Trinajstić information content (AvgIpc) is 2.69. The summed E-state index contributed by atoms with van der Waals surface area (Å²) in [5.74, 6) is 2.51. The number of thiazole rings is 1. The van der Waals surface area contributed by atoms with Crippen LogP contribution in [0.3, 0.4) is 0 Å². The highest BCUT2D eigenvalue weighted by atomic mass is 32.1. The minimum absolute atomic E-state index is 0.119. The lowest BCUT2D eigenvalue weighted by atomic mass is 10.1. The number of amides is 1. The third-order valence-corrected chi connectivity index (χ3v) is 4.12. The summed E-state index contributed by atoms with van der Waals surface area (Å²) < 4.78 is 3.08. The van der Waals surface area contributed by atoms with Crippen LogP contribution in [0.2, 0.25) is 0 Å². The molecule has 1 aromatic heterocycles. The molecule has 0 aliphatic heterocycles. The van der Waals surface area contributed by atoms with Crippen LogP contribution in [-0.2, 0) is 11.3 Å². The van der Waals surface area contributed by atoms with Gasteiger partial charge in [0.2, 0.25) is 5.91 Å². The van der Waals surface area contributed by atoms with E-state index in [2.05, 4.69) is 36.9 Å². The monoisotopic (exact) mass is 272 g/mol. The van der Waals surface area contributed by atoms with E-state index in [1.807, 2.05) is 4.57 Å². The van der Waals surface area contributed by atoms with Gasteiger partial charge in [-0.25, -0.2) is 0 Å². The van der Waals surface area contributed by atoms with Gasteiger partial charge >= 0.3 is 0 Å². The van der Waals surface area contributed by atoms with Crippen molar-refractivity contribution in [1.82, 2.24) is 4.57 Å². The molecule has 2 aromatic rings. The lowest BCUT2D eigenvalue weighted by molar-refractivity contribution is -0.117. The predicted octanol–water partition coefficient (Wildman–Crippen LogP) is 2.79. The fourth-order valence-electron chi connectivity index (χ4n) is 2.03. The van der Waals surface area contributed by atoms with Crippen molar-refractivity contribution in [3.8, 4) is 12.3 Å². The van der Waals surface area contributed by atoms with Crippen molar-refractivity contribution in [2.24, 2.45) is 4.99 Å². The van der Waals surface area contributed by atoms with Crippen molar-refractivity contribution in [1.29, 1.82) is 0 Å². The minimum Gasteiger partial charge on any atom is -0.305 e. The Labute approximate surface area is 116 Å². The molecule has 1 amide bonds. The Morgan fingerprint density at radius 3 is 2.84 bits per heavy atom. The van der Waals surface area contributed by atoms with E-state index in [0.29, 0.717) is 17.8 Å². The van der Waals surface area contributed by atoms with E-state index in [0.717, 1.165) is 10.2 Å². The highest BCUT2D eigenvalue weighted by Gasteiger charge is 2.09. The quantitative estimate of drug-likeness (QED) is 0.774. The third-order valence-electron chi connectivity index (χ3n) is 2.89. The van der Waals surface area contributed by atoms with Crippen LogP contribution in [0.1, 0.15) is 24.5 Å². The number of nitrogens with zero attached hydrogens (tertiary/aromatic N) is 2. The summed E-state index contributed by atoms with van der Waals surface area (Å²) >= 11 is 1.52. The molecule has 0 bridgehead atoms. The van der Waals surface area contributed by atoms with E-state index in [1.165, 1.54) is 22.5 Å². The van der Waals surface area contributed by atoms with Crippen molar-refractivity contribution in [3.63, 3.8) is 0 Å². The molecule has 4 heteroatoms. The van der Waals surface area contributed by atoms with E-state index in [4.69, 9.17) is 6.42 Å². The SMILES string of the molecule is C#CCn1c(=NC(=O)CC)sc2c(C)cc(C)cc21. The number of hydrogen-bond acceptors (Lipinski definition) is 2. The maximum absolute atomic E-state index is 11.5. The molecule has 0 saturated carbocycles. The summed E-state index contributed by atoms with van der Waals surface area (Å²) in [6, 6.07) is 4.22. The van der Waals surface area contributed by atoms with Gasteiger partial charge in [-0.3, -0.25) is 4.79 Å². The maximum Gasteiger partial charge on any atom is 0.248 e. The normalized spacial score (nSPS) is 11.8. The van der Waals surface area contributed by atoms with Gasteiger partial charge in [0, 0.05) is 6.42 Å². The summed E-state index contributed by atoms with van der Waals surface area (Å²) in [7, 11) is 0. The van der Waals surface area contributed by atoms with Crippen molar-refractivity contribution in [2.75, 3.05) is 0 Å². The van der Waals surface area contributed by atoms with Gasteiger partial charge in [-0.05, 0) is 31.0 Å². The average molecular weight is 272 g/mol. The number of carbonyl (C=O) groups excluding carboxylic acids is 1. The lowest BCUT2D eigenvalue weighted by Crippen LogP contribution is -2.16. The minimum atomic E-state index is -0.119. The smallest absolute Gasteiger partial charge is 0.248 e. The number of benzene rings is 1. The summed E-state index contributed by atoms with van der Waals surface area (Å²) in [5, 5.41) is 0. The second-order valence-corrected chi connectivity index (χ2v) is 5.44. The van der Waals surface area contributed by atoms with Crippen LogP contribution in [-0.4, -0.2) is 10.5 Å². The van der Waals surface area contributed by atoms with E-state index in [1.54, 1.807) is 6.92 Å². The Morgan fingerprint density at radius 2 is 2.21 bits per heavy atom. The van der Waals surface area contributed by atoms with Crippen LogP contribution >= 0.6 is 11.3 Å². The van der Waals surface area contributed by atoms with Crippen LogP contribution in [0.15, 0.2) is 17.1 Å². The van der Waals surface area contributed by atoms with Gasteiger partial charge < -0.3 is 4.57 Å². The number of carbonyl (C=O) groups is 1. The lowest BCUT2D eigenvalue weighted by Gasteiger charge is -2.02. The van der Waals surface area contributed by atoms with Crippen molar-refractivity contribution < 1.29 is 4.79 Å². The van der Waals surface area contributed by atoms with Gasteiger partial charge in [0.15, 0.2) is 4.80 Å². The predicted molar refractivity (Wildman–Crippen MR) is 79.0 cm³/mol. The summed E-state index contributed by atoms with van der Waals surface area (Å²) in [5.41, 5.74) is 3.43. The number of hydrogen-bond donors (Lipinski definition) is 0. The molecule has 0 radical (unpaired) electrons. The Bertz CT molecular complexity index is 744. The number of terminal acetylenes is 1. The molecular weight excluding hydrogens is 256 g/mol. The first-order valence-corrected chi connectivity index (χ1v) is 7.00. The van der Waals surface area contributed by atoms with Crippen molar-refractivity contribution >= 4 is 27.5 Å². The standard InChI is InChI=1S/C15H16N2OS/c1-5-7-17-12-9-10(3)8-11(4)14(12)19-15(17)16-13(18)6-2/h1,8-9H,6-7H2,2-4H3. The zero-order chi connectivity index (χ0) is 14.0. The second kappa shape index (κ2) is 5.41. The summed E-state index contributed by atoms with van der Waals surface area (Å²) in [4.78, 5) is 16.4. The Hall–Kier alpha value is -1.86. The third kappa shape index (κ3) is 2.61. The molecule has 19 heavy (non-hydrogen) atoms. The number of aromatic nitrogens is 1. The number of aryl methyl sites for hydroxylation is 2. The molecule has 0 fully saturated rings. The van der Waals surface area contributed by atoms with Gasteiger partial charge in [-0.15, -0.1) is 6.42 Å². The number of fused-ring (bicyclic) bond motifs is 1. The molecule has 0 atom stereocenters. The Morgan fingerprint density at radius 1 is 1.47 bits per heavy atom. The van der Waals surface area contributed by atoms with Crippen LogP contribution in [0.4, 0.5) is 0 Å². The van der Waals surface area contributed by atoms with Gasteiger partial charge in [0.05, 0.1) is 16.8 Å². The molecule has 0 N–H and O–H groups in total. The van der Waals surface area contributed by atoms with E-state index >= 15 is 0 Å². The zero-order valence-electron chi connectivity index (χ0n) is 11.4. The van der Waals surface area contributed by atoms with Crippen molar-refractivity contribution in [3.05, 3.63) is 28.1 Å². The van der Waals surface area contributed by atoms with Crippen LogP contribution < -0.4 is 4.80 Å². The molecule has 1 heterocycles. The molecule has 98 valence electrons. The largest absolute Gasteiger partial charge is 0.305 e. The maximum atomic E-state index is 11.5. The number of rotatable bonds is 2. The first-order chi connectivity index (χ1) is 9.06. The first-order valence-electron chi connectivity index (χ1n) is 6.18.